The average Bonchev–Trinajstić information content (AvgIpc) is 2.14. The van der Waals surface area contributed by atoms with Crippen LogP contribution in [0, 0.1) is 28.1 Å². The quantitative estimate of drug-likeness (QED) is 0.581. The predicted octanol–water partition coefficient (Wildman–Crippen LogP) is 2.79. The molecule has 4 aliphatic carbocycles. The highest BCUT2D eigenvalue weighted by Gasteiger charge is 2.88. The number of aldehydes is 1. The van der Waals surface area contributed by atoms with Crippen molar-refractivity contribution in [3.8, 4) is 0 Å². The molecule has 4 saturated carbocycles. The molecule has 4 rings (SSSR count). The fourth-order valence-corrected chi connectivity index (χ4v) is 6.58. The molecule has 0 aromatic rings. The van der Waals surface area contributed by atoms with Crippen molar-refractivity contribution in [2.45, 2.75) is 45.4 Å². The summed E-state index contributed by atoms with van der Waals surface area (Å²) in [6.45, 7) is 2.41. The van der Waals surface area contributed by atoms with Crippen LogP contribution >= 0.6 is 0 Å². The second-order valence-corrected chi connectivity index (χ2v) is 6.70. The first kappa shape index (κ1) is 7.90. The van der Waals surface area contributed by atoms with E-state index in [0.29, 0.717) is 10.8 Å². The van der Waals surface area contributed by atoms with Crippen molar-refractivity contribution in [2.75, 3.05) is 0 Å². The van der Waals surface area contributed by atoms with E-state index in [1.165, 1.54) is 44.8 Å². The summed E-state index contributed by atoms with van der Waals surface area (Å²) < 4.78 is 0. The highest BCUT2D eigenvalue weighted by atomic mass is 16.1. The van der Waals surface area contributed by atoms with E-state index in [1.807, 2.05) is 0 Å². The van der Waals surface area contributed by atoms with Crippen LogP contribution in [-0.4, -0.2) is 6.29 Å². The molecule has 4 fully saturated rings. The van der Waals surface area contributed by atoms with Gasteiger partial charge in [-0.25, -0.2) is 0 Å². The van der Waals surface area contributed by atoms with E-state index in [1.54, 1.807) is 0 Å². The van der Waals surface area contributed by atoms with Crippen molar-refractivity contribution in [3.63, 3.8) is 0 Å². The lowest BCUT2D eigenvalue weighted by molar-refractivity contribution is -0.415. The summed E-state index contributed by atoms with van der Waals surface area (Å²) in [7, 11) is 0. The molecule has 5 unspecified atom stereocenters. The van der Waals surface area contributed by atoms with Gasteiger partial charge in [-0.3, -0.25) is 0 Å². The molecule has 5 atom stereocenters. The number of fused-ring (bicyclic) bond motifs is 1. The molecule has 76 valence electrons. The summed E-state index contributed by atoms with van der Waals surface area (Å²) in [6.07, 6.45) is 9.61. The molecular weight excluding hydrogens is 172 g/mol. The molecule has 0 heterocycles. The first-order chi connectivity index (χ1) is 6.68. The van der Waals surface area contributed by atoms with Gasteiger partial charge in [0.15, 0.2) is 0 Å². The Labute approximate surface area is 85.3 Å². The smallest absolute Gasteiger partial charge is 0.126 e. The summed E-state index contributed by atoms with van der Waals surface area (Å²) in [5.41, 5.74) is 1.45. The molecule has 1 nitrogen and oxygen atoms in total. The fraction of sp³-hybridized carbons (Fsp3) is 0.923. The Morgan fingerprint density at radius 1 is 1.29 bits per heavy atom. The van der Waals surface area contributed by atoms with E-state index in [9.17, 15) is 4.79 Å². The minimum atomic E-state index is 0.188. The van der Waals surface area contributed by atoms with Gasteiger partial charge >= 0.3 is 0 Å². The highest BCUT2D eigenvalue weighted by molar-refractivity contribution is 5.69. The van der Waals surface area contributed by atoms with Gasteiger partial charge in [-0.2, -0.15) is 0 Å². The standard InChI is InChI=1S/C13H18O/c1-11-6-12-5-3-2-4-9(12)13(7-11,8-14)10(11)12/h8-10H,2-7H2,1H3. The lowest BCUT2D eigenvalue weighted by atomic mass is 9.13. The second-order valence-electron chi connectivity index (χ2n) is 6.70. The zero-order valence-corrected chi connectivity index (χ0v) is 8.88. The Balaban J connectivity index is 1.78. The number of carbonyl (C=O) groups is 1. The van der Waals surface area contributed by atoms with Crippen LogP contribution in [0.1, 0.15) is 45.4 Å². The molecule has 0 bridgehead atoms. The van der Waals surface area contributed by atoms with Gasteiger partial charge < -0.3 is 4.79 Å². The zero-order valence-electron chi connectivity index (χ0n) is 8.88. The van der Waals surface area contributed by atoms with Gasteiger partial charge in [0, 0.05) is 5.41 Å². The summed E-state index contributed by atoms with van der Waals surface area (Å²) in [6, 6.07) is 0. The van der Waals surface area contributed by atoms with Gasteiger partial charge in [0.2, 0.25) is 0 Å². The SMILES string of the molecule is CC12CC3(C=O)C4CCCCC4(C1)C23. The van der Waals surface area contributed by atoms with Gasteiger partial charge in [-0.15, -0.1) is 0 Å². The van der Waals surface area contributed by atoms with Crippen molar-refractivity contribution in [1.29, 1.82) is 0 Å². The van der Waals surface area contributed by atoms with Gasteiger partial charge in [0.25, 0.3) is 0 Å². The molecule has 0 aromatic carbocycles. The third-order valence-corrected chi connectivity index (χ3v) is 6.20. The summed E-state index contributed by atoms with van der Waals surface area (Å²) >= 11 is 0. The van der Waals surface area contributed by atoms with Gasteiger partial charge in [0.05, 0.1) is 0 Å². The molecule has 0 N–H and O–H groups in total. The first-order valence-electron chi connectivity index (χ1n) is 6.14. The fourth-order valence-electron chi connectivity index (χ4n) is 6.58. The van der Waals surface area contributed by atoms with Crippen molar-refractivity contribution in [1.82, 2.24) is 0 Å². The topological polar surface area (TPSA) is 17.1 Å². The Morgan fingerprint density at radius 2 is 2.14 bits per heavy atom. The molecular formula is C13H18O. The third kappa shape index (κ3) is 0.479. The van der Waals surface area contributed by atoms with Crippen LogP contribution in [0.2, 0.25) is 0 Å². The lowest BCUT2D eigenvalue weighted by Gasteiger charge is -2.90. The van der Waals surface area contributed by atoms with Gasteiger partial charge in [0.1, 0.15) is 6.29 Å². The van der Waals surface area contributed by atoms with Crippen LogP contribution in [0.15, 0.2) is 0 Å². The van der Waals surface area contributed by atoms with E-state index < -0.39 is 0 Å². The minimum Gasteiger partial charge on any atom is -0.303 e. The maximum Gasteiger partial charge on any atom is 0.126 e. The Kier molecular flexibility index (Phi) is 1.03. The molecule has 0 aliphatic heterocycles. The maximum atomic E-state index is 11.3. The van der Waals surface area contributed by atoms with Crippen LogP contribution in [0.5, 0.6) is 0 Å². The predicted molar refractivity (Wildman–Crippen MR) is 53.7 cm³/mol. The average molecular weight is 190 g/mol. The Bertz CT molecular complexity index is 326. The summed E-state index contributed by atoms with van der Waals surface area (Å²) in [5, 5.41) is 0. The number of carbonyl (C=O) groups excluding carboxylic acids is 1. The summed E-state index contributed by atoms with van der Waals surface area (Å²) in [4.78, 5) is 11.3. The molecule has 0 amide bonds. The Hall–Kier alpha value is -0.330. The summed E-state index contributed by atoms with van der Waals surface area (Å²) in [5.74, 6) is 1.61. The lowest BCUT2D eigenvalue weighted by Crippen LogP contribution is -2.86. The maximum absolute atomic E-state index is 11.3. The van der Waals surface area contributed by atoms with Crippen LogP contribution < -0.4 is 0 Å². The largest absolute Gasteiger partial charge is 0.303 e. The van der Waals surface area contributed by atoms with Gasteiger partial charge in [-0.1, -0.05) is 19.8 Å². The molecule has 1 spiro atoms. The highest BCUT2D eigenvalue weighted by Crippen LogP contribution is 2.92. The van der Waals surface area contributed by atoms with Crippen LogP contribution in [0.4, 0.5) is 0 Å². The van der Waals surface area contributed by atoms with Crippen LogP contribution in [0.25, 0.3) is 0 Å². The van der Waals surface area contributed by atoms with Crippen LogP contribution in [0.3, 0.4) is 0 Å². The number of hydrogen-bond donors (Lipinski definition) is 0. The van der Waals surface area contributed by atoms with Crippen molar-refractivity contribution in [3.05, 3.63) is 0 Å². The molecule has 0 radical (unpaired) electrons. The van der Waals surface area contributed by atoms with Crippen molar-refractivity contribution < 1.29 is 4.79 Å². The van der Waals surface area contributed by atoms with E-state index in [2.05, 4.69) is 6.92 Å². The number of rotatable bonds is 1. The van der Waals surface area contributed by atoms with E-state index in [4.69, 9.17) is 0 Å². The van der Waals surface area contributed by atoms with Crippen LogP contribution in [-0.2, 0) is 4.79 Å². The third-order valence-electron chi connectivity index (χ3n) is 6.20. The van der Waals surface area contributed by atoms with Gasteiger partial charge in [-0.05, 0) is 48.3 Å². The first-order valence-corrected chi connectivity index (χ1v) is 6.14. The normalized spacial score (nSPS) is 67.8. The monoisotopic (exact) mass is 190 g/mol. The van der Waals surface area contributed by atoms with Crippen molar-refractivity contribution >= 4 is 6.29 Å². The minimum absolute atomic E-state index is 0.188. The van der Waals surface area contributed by atoms with E-state index >= 15 is 0 Å². The number of hydrogen-bond acceptors (Lipinski definition) is 1. The van der Waals surface area contributed by atoms with E-state index in [-0.39, 0.29) is 5.41 Å². The van der Waals surface area contributed by atoms with Crippen molar-refractivity contribution in [2.24, 2.45) is 28.1 Å². The molecule has 14 heavy (non-hydrogen) atoms. The zero-order chi connectivity index (χ0) is 9.60. The molecule has 4 aliphatic rings. The molecule has 0 aromatic heterocycles. The Morgan fingerprint density at radius 3 is 2.86 bits per heavy atom. The second kappa shape index (κ2) is 1.83. The molecule has 1 heteroatoms. The van der Waals surface area contributed by atoms with E-state index in [0.717, 1.165) is 11.8 Å². The molecule has 0 saturated heterocycles.